The summed E-state index contributed by atoms with van der Waals surface area (Å²) < 4.78 is 5.43. The maximum absolute atomic E-state index is 11.3. The van der Waals surface area contributed by atoms with Crippen molar-refractivity contribution in [3.63, 3.8) is 0 Å². The second kappa shape index (κ2) is 14.1. The molecule has 4 atom stereocenters. The Morgan fingerprint density at radius 1 is 0.338 bits per heavy atom. The standard InChI is InChI=1S/C70H58N4/c71-33-51-29-57-67(63-49-23-39-17-40(24-49)20-47(19-39)59(51)63)65-45-13-9-37-5-1-3-35(15-37)7-11-43(27-45)61-53-31-56-54(32-55(53)73(57)69(61)65)62-44-12-8-36-4-2-6-38(16-36)10-14-46(28-44)66-68-58(74(56)70(62)66)30-52(34-72)60-48-21-41-18-42(22-48)26-50(25-41)64(60)68/h1-6,15-16,27-32,39-42,47-50H,7-14,17-26H2. The summed E-state index contributed by atoms with van der Waals surface area (Å²) in [6, 6.07) is 40.1. The van der Waals surface area contributed by atoms with Crippen molar-refractivity contribution in [1.29, 1.82) is 10.5 Å². The molecule has 16 bridgehead atoms. The van der Waals surface area contributed by atoms with Crippen molar-refractivity contribution in [3.05, 3.63) is 163 Å². The zero-order chi connectivity index (χ0) is 48.0. The van der Waals surface area contributed by atoms with E-state index >= 15 is 0 Å². The average Bonchev–Trinajstić information content (AvgIpc) is 4.25. The highest BCUT2D eigenvalue weighted by Gasteiger charge is 2.47. The summed E-state index contributed by atoms with van der Waals surface area (Å²) in [6.45, 7) is 0. The lowest BCUT2D eigenvalue weighted by atomic mass is 9.67. The molecule has 4 fully saturated rings. The molecule has 0 N–H and O–H groups in total. The third-order valence-corrected chi connectivity index (χ3v) is 22.1. The van der Waals surface area contributed by atoms with Crippen molar-refractivity contribution in [3.8, 4) is 12.1 Å². The molecule has 74 heavy (non-hydrogen) atoms. The Morgan fingerprint density at radius 3 is 1.05 bits per heavy atom. The normalized spacial score (nSPS) is 26.5. The fourth-order valence-electron chi connectivity index (χ4n) is 19.9. The molecule has 11 aromatic rings. The number of nitrogens with zero attached hydrogens (tertiary/aromatic N) is 4. The molecule has 0 amide bonds. The summed E-state index contributed by atoms with van der Waals surface area (Å²) in [7, 11) is 0. The number of aryl methyl sites for hydroxylation is 8. The van der Waals surface area contributed by atoms with Crippen LogP contribution in [0, 0.1) is 46.3 Å². The Kier molecular flexibility index (Phi) is 7.71. The van der Waals surface area contributed by atoms with Gasteiger partial charge in [0.05, 0.1) is 56.4 Å². The lowest BCUT2D eigenvalue weighted by molar-refractivity contribution is 0.166. The van der Waals surface area contributed by atoms with E-state index in [1.54, 1.807) is 11.1 Å². The lowest BCUT2D eigenvalue weighted by Gasteiger charge is -2.38. The van der Waals surface area contributed by atoms with Gasteiger partial charge in [0.25, 0.3) is 0 Å². The van der Waals surface area contributed by atoms with Gasteiger partial charge in [-0.1, -0.05) is 60.7 Å². The molecular formula is C70H58N4. The van der Waals surface area contributed by atoms with E-state index in [0.29, 0.717) is 23.7 Å². The van der Waals surface area contributed by atoms with Crippen molar-refractivity contribution in [2.75, 3.05) is 0 Å². The van der Waals surface area contributed by atoms with E-state index in [-0.39, 0.29) is 0 Å². The molecule has 4 heteroatoms. The highest BCUT2D eigenvalue weighted by Crippen LogP contribution is 2.62. The highest BCUT2D eigenvalue weighted by atomic mass is 14.9. The Hall–Kier alpha value is -6.88. The SMILES string of the molecule is N#Cc1cc2c(c3c1C1CC4CC(C1)CC3C4)c1c3cc(c4c5cc6c(cc5n2c41)c1c2cc(c4c5c7c(c(C#N)cc5n6c14)C1CC4CC(C1)CC7C4)CCc1cccc(c1)CC2)CCc1cccc(c1)CC3. The molecule has 4 unspecified atom stereocenters. The molecule has 10 aliphatic rings. The summed E-state index contributed by atoms with van der Waals surface area (Å²) in [5, 5.41) is 34.2. The van der Waals surface area contributed by atoms with Gasteiger partial charge < -0.3 is 8.80 Å². The van der Waals surface area contributed by atoms with Crippen LogP contribution in [-0.4, -0.2) is 8.80 Å². The van der Waals surface area contributed by atoms with Crippen LogP contribution in [0.15, 0.2) is 84.9 Å². The Bertz CT molecular complexity index is 4170. The van der Waals surface area contributed by atoms with Gasteiger partial charge in [-0.25, -0.2) is 0 Å². The van der Waals surface area contributed by atoms with Gasteiger partial charge in [-0.05, 0) is 254 Å². The lowest BCUT2D eigenvalue weighted by Crippen LogP contribution is -2.25. The molecule has 0 spiro atoms. The van der Waals surface area contributed by atoms with Crippen LogP contribution < -0.4 is 0 Å². The first-order chi connectivity index (χ1) is 36.5. The maximum atomic E-state index is 11.3. The number of nitriles is 2. The first kappa shape index (κ1) is 40.5. The Balaban J connectivity index is 0.990. The number of aromatic nitrogens is 2. The van der Waals surface area contributed by atoms with Gasteiger partial charge in [0.1, 0.15) is 0 Å². The zero-order valence-electron chi connectivity index (χ0n) is 42.2. The van der Waals surface area contributed by atoms with E-state index in [1.807, 2.05) is 0 Å². The Morgan fingerprint density at radius 2 is 0.689 bits per heavy atom. The molecule has 4 heterocycles. The molecule has 10 aliphatic carbocycles. The van der Waals surface area contributed by atoms with Crippen molar-refractivity contribution < 1.29 is 0 Å². The van der Waals surface area contributed by atoms with Crippen molar-refractivity contribution in [1.82, 2.24) is 8.80 Å². The van der Waals surface area contributed by atoms with Gasteiger partial charge in [0.2, 0.25) is 0 Å². The topological polar surface area (TPSA) is 56.4 Å². The van der Waals surface area contributed by atoms with Gasteiger partial charge in [0.15, 0.2) is 0 Å². The average molecular weight is 955 g/mol. The van der Waals surface area contributed by atoms with Gasteiger partial charge in [-0.15, -0.1) is 0 Å². The van der Waals surface area contributed by atoms with E-state index in [9.17, 15) is 10.5 Å². The summed E-state index contributed by atoms with van der Waals surface area (Å²) in [5.41, 5.74) is 27.5. The third-order valence-electron chi connectivity index (χ3n) is 22.1. The fourth-order valence-corrected chi connectivity index (χ4v) is 19.9. The zero-order valence-corrected chi connectivity index (χ0v) is 42.2. The van der Waals surface area contributed by atoms with Crippen LogP contribution in [0.2, 0.25) is 0 Å². The van der Waals surface area contributed by atoms with Crippen LogP contribution >= 0.6 is 0 Å². The largest absolute Gasteiger partial charge is 0.308 e. The van der Waals surface area contributed by atoms with Gasteiger partial charge in [0, 0.05) is 43.1 Å². The quantitative estimate of drug-likeness (QED) is 0.152. The maximum Gasteiger partial charge on any atom is 0.0995 e. The van der Waals surface area contributed by atoms with Crippen LogP contribution in [0.5, 0.6) is 0 Å². The molecule has 4 saturated carbocycles. The first-order valence-corrected chi connectivity index (χ1v) is 29.0. The molecule has 0 saturated heterocycles. The summed E-state index contributed by atoms with van der Waals surface area (Å²) in [6.07, 6.45) is 21.0. The highest BCUT2D eigenvalue weighted by molar-refractivity contribution is 6.31. The van der Waals surface area contributed by atoms with E-state index in [2.05, 4.69) is 106 Å². The summed E-state index contributed by atoms with van der Waals surface area (Å²) >= 11 is 0. The molecule has 0 aliphatic heterocycles. The van der Waals surface area contributed by atoms with Crippen LogP contribution in [0.4, 0.5) is 0 Å². The first-order valence-electron chi connectivity index (χ1n) is 29.0. The second-order valence-electron chi connectivity index (χ2n) is 25.9. The van der Waals surface area contributed by atoms with Crippen LogP contribution in [0.3, 0.4) is 0 Å². The summed E-state index contributed by atoms with van der Waals surface area (Å²) in [4.78, 5) is 0. The molecule has 0 radical (unpaired) electrons. The molecule has 4 aromatic heterocycles. The van der Waals surface area contributed by atoms with E-state index < -0.39 is 0 Å². The number of hydrogen-bond acceptors (Lipinski definition) is 2. The van der Waals surface area contributed by atoms with Gasteiger partial charge in [-0.3, -0.25) is 0 Å². The molecule has 4 nitrogen and oxygen atoms in total. The minimum absolute atomic E-state index is 0.491. The van der Waals surface area contributed by atoms with Crippen LogP contribution in [-0.2, 0) is 51.4 Å². The second-order valence-corrected chi connectivity index (χ2v) is 25.9. The minimum atomic E-state index is 0.491. The predicted molar refractivity (Wildman–Crippen MR) is 299 cm³/mol. The van der Waals surface area contributed by atoms with Gasteiger partial charge in [-0.2, -0.15) is 10.5 Å². The number of fused-ring (bicyclic) bond motifs is 24. The monoisotopic (exact) mass is 954 g/mol. The van der Waals surface area contributed by atoms with Crippen molar-refractivity contribution >= 4 is 76.2 Å². The smallest absolute Gasteiger partial charge is 0.0995 e. The van der Waals surface area contributed by atoms with E-state index in [0.717, 1.165) is 86.2 Å². The van der Waals surface area contributed by atoms with E-state index in [4.69, 9.17) is 0 Å². The molecule has 358 valence electrons. The van der Waals surface area contributed by atoms with Crippen LogP contribution in [0.25, 0.3) is 76.2 Å². The van der Waals surface area contributed by atoms with Gasteiger partial charge >= 0.3 is 0 Å². The minimum Gasteiger partial charge on any atom is -0.308 e. The van der Waals surface area contributed by atoms with Crippen molar-refractivity contribution in [2.24, 2.45) is 23.7 Å². The molecular weight excluding hydrogens is 897 g/mol. The number of hydrogen-bond donors (Lipinski definition) is 0. The van der Waals surface area contributed by atoms with Crippen molar-refractivity contribution in [2.45, 2.75) is 139 Å². The predicted octanol–water partition coefficient (Wildman–Crippen LogP) is 16.3. The molecule has 21 rings (SSSR count). The third kappa shape index (κ3) is 5.10. The van der Waals surface area contributed by atoms with E-state index in [1.165, 1.54) is 196 Å². The number of benzene rings is 7. The fraction of sp³-hybridized carbons (Fsp3) is 0.371. The van der Waals surface area contributed by atoms with Crippen LogP contribution in [0.1, 0.15) is 166 Å². The summed E-state index contributed by atoms with van der Waals surface area (Å²) in [5.74, 6) is 5.11. The molecule has 7 aromatic carbocycles. The number of rotatable bonds is 0. The Labute approximate surface area is 431 Å².